The van der Waals surface area contributed by atoms with Crippen molar-refractivity contribution in [3.63, 3.8) is 0 Å². The summed E-state index contributed by atoms with van der Waals surface area (Å²) in [4.78, 5) is 13.9. The van der Waals surface area contributed by atoms with Gasteiger partial charge in [0.15, 0.2) is 6.10 Å². The number of carbonyl (C=O) groups is 1. The van der Waals surface area contributed by atoms with Gasteiger partial charge >= 0.3 is 0 Å². The molecule has 1 heterocycles. The zero-order chi connectivity index (χ0) is 17.7. The van der Waals surface area contributed by atoms with Crippen LogP contribution in [0.25, 0.3) is 0 Å². The van der Waals surface area contributed by atoms with Crippen molar-refractivity contribution in [3.05, 3.63) is 45.7 Å². The lowest BCUT2D eigenvalue weighted by Crippen LogP contribution is -2.46. The van der Waals surface area contributed by atoms with Crippen LogP contribution in [0, 0.1) is 11.3 Å². The van der Waals surface area contributed by atoms with E-state index >= 15 is 0 Å². The van der Waals surface area contributed by atoms with Crippen LogP contribution in [0.5, 0.6) is 5.75 Å². The number of thiophene rings is 1. The molecule has 0 saturated heterocycles. The predicted octanol–water partition coefficient (Wildman–Crippen LogP) is 2.16. The number of sulfonamides is 1. The highest BCUT2D eigenvalue weighted by atomic mass is 79.9. The molecular weight excluding hydrogens is 418 g/mol. The quantitative estimate of drug-likeness (QED) is 0.683. The highest BCUT2D eigenvalue weighted by Gasteiger charge is 2.20. The van der Waals surface area contributed by atoms with Gasteiger partial charge in [-0.2, -0.15) is 5.26 Å². The molecule has 0 saturated carbocycles. The minimum Gasteiger partial charge on any atom is -0.481 e. The van der Waals surface area contributed by atoms with Crippen molar-refractivity contribution in [1.29, 1.82) is 5.26 Å². The van der Waals surface area contributed by atoms with Crippen molar-refractivity contribution in [2.45, 2.75) is 17.2 Å². The molecule has 0 aliphatic heterocycles. The molecule has 0 aliphatic rings. The summed E-state index contributed by atoms with van der Waals surface area (Å²) in [5.74, 6) is -0.264. The number of rotatable bonds is 6. The molecule has 0 radical (unpaired) electrons. The average Bonchev–Trinajstić information content (AvgIpc) is 3.00. The molecule has 0 unspecified atom stereocenters. The van der Waals surface area contributed by atoms with Crippen molar-refractivity contribution in [1.82, 2.24) is 10.3 Å². The van der Waals surface area contributed by atoms with Gasteiger partial charge in [0.1, 0.15) is 9.96 Å². The van der Waals surface area contributed by atoms with Gasteiger partial charge in [-0.3, -0.25) is 10.2 Å². The fourth-order valence-corrected chi connectivity index (χ4v) is 4.43. The summed E-state index contributed by atoms with van der Waals surface area (Å²) >= 11 is 4.19. The van der Waals surface area contributed by atoms with Gasteiger partial charge in [-0.15, -0.1) is 16.2 Å². The minimum atomic E-state index is -3.83. The Hall–Kier alpha value is -1.93. The van der Waals surface area contributed by atoms with E-state index in [1.54, 1.807) is 30.3 Å². The second kappa shape index (κ2) is 7.76. The molecule has 1 atom stereocenters. The number of nitrogens with one attached hydrogen (secondary N) is 2. The Morgan fingerprint density at radius 1 is 1.29 bits per heavy atom. The first-order chi connectivity index (χ1) is 11.3. The summed E-state index contributed by atoms with van der Waals surface area (Å²) in [7, 11) is -3.83. The number of nitrogens with zero attached hydrogens (tertiary/aromatic N) is 1. The van der Waals surface area contributed by atoms with Crippen LogP contribution >= 0.6 is 27.3 Å². The molecule has 126 valence electrons. The van der Waals surface area contributed by atoms with E-state index in [-0.39, 0.29) is 4.21 Å². The molecule has 10 heteroatoms. The Morgan fingerprint density at radius 3 is 2.50 bits per heavy atom. The number of nitriles is 1. The van der Waals surface area contributed by atoms with E-state index in [1.165, 1.54) is 13.0 Å². The topological polar surface area (TPSA) is 108 Å². The van der Waals surface area contributed by atoms with Crippen LogP contribution in [-0.2, 0) is 14.8 Å². The normalized spacial score (nSPS) is 12.2. The molecule has 2 aromatic rings. The van der Waals surface area contributed by atoms with Gasteiger partial charge in [0.05, 0.1) is 15.4 Å². The van der Waals surface area contributed by atoms with Gasteiger partial charge in [0, 0.05) is 0 Å². The van der Waals surface area contributed by atoms with Crippen molar-refractivity contribution < 1.29 is 17.9 Å². The predicted molar refractivity (Wildman–Crippen MR) is 91.7 cm³/mol. The maximum Gasteiger partial charge on any atom is 0.275 e. The number of halogens is 1. The lowest BCUT2D eigenvalue weighted by atomic mass is 10.2. The SMILES string of the molecule is C[C@@H](Oc1ccc(C#N)cc1)C(=O)NNS(=O)(=O)c1ccc(Br)s1. The van der Waals surface area contributed by atoms with Crippen molar-refractivity contribution in [2.75, 3.05) is 0 Å². The van der Waals surface area contributed by atoms with E-state index < -0.39 is 22.0 Å². The van der Waals surface area contributed by atoms with E-state index in [4.69, 9.17) is 10.00 Å². The molecule has 0 spiro atoms. The van der Waals surface area contributed by atoms with E-state index in [0.29, 0.717) is 15.1 Å². The van der Waals surface area contributed by atoms with Gasteiger partial charge < -0.3 is 4.74 Å². The molecule has 0 aliphatic carbocycles. The average molecular weight is 430 g/mol. The van der Waals surface area contributed by atoms with Crippen molar-refractivity contribution in [2.24, 2.45) is 0 Å². The Balaban J connectivity index is 1.92. The van der Waals surface area contributed by atoms with Crippen LogP contribution in [-0.4, -0.2) is 20.4 Å². The Bertz CT molecular complexity index is 872. The second-order valence-corrected chi connectivity index (χ2v) is 8.92. The molecule has 2 rings (SSSR count). The first-order valence-electron chi connectivity index (χ1n) is 6.55. The number of benzene rings is 1. The van der Waals surface area contributed by atoms with E-state index in [1.807, 2.05) is 10.9 Å². The third-order valence-corrected chi connectivity index (χ3v) is 6.15. The van der Waals surface area contributed by atoms with Gasteiger partial charge in [-0.25, -0.2) is 8.42 Å². The number of hydrogen-bond donors (Lipinski definition) is 2. The Labute approximate surface area is 151 Å². The lowest BCUT2D eigenvalue weighted by molar-refractivity contribution is -0.127. The largest absolute Gasteiger partial charge is 0.481 e. The first kappa shape index (κ1) is 18.4. The number of carbonyl (C=O) groups excluding carboxylic acids is 1. The number of hydrogen-bond acceptors (Lipinski definition) is 6. The summed E-state index contributed by atoms with van der Waals surface area (Å²) in [6, 6.07) is 11.2. The fourth-order valence-electron chi connectivity index (χ4n) is 1.58. The molecule has 1 amide bonds. The summed E-state index contributed by atoms with van der Waals surface area (Å²) in [5.41, 5.74) is 2.58. The standard InChI is InChI=1S/C14H12BrN3O4S2/c1-9(22-11-4-2-10(8-16)3-5-11)14(19)17-18-24(20,21)13-7-6-12(15)23-13/h2-7,9,18H,1H3,(H,17,19)/t9-/m1/s1. The van der Waals surface area contributed by atoms with Crippen LogP contribution in [0.15, 0.2) is 44.4 Å². The third-order valence-electron chi connectivity index (χ3n) is 2.79. The minimum absolute atomic E-state index is 0.0651. The summed E-state index contributed by atoms with van der Waals surface area (Å²) < 4.78 is 30.1. The maximum atomic E-state index is 12.0. The Morgan fingerprint density at radius 2 is 1.96 bits per heavy atom. The highest BCUT2D eigenvalue weighted by Crippen LogP contribution is 2.25. The van der Waals surface area contributed by atoms with Gasteiger partial charge in [0.2, 0.25) is 0 Å². The molecule has 1 aromatic carbocycles. The lowest BCUT2D eigenvalue weighted by Gasteiger charge is -2.15. The van der Waals surface area contributed by atoms with Gasteiger partial charge in [-0.1, -0.05) is 0 Å². The zero-order valence-corrected chi connectivity index (χ0v) is 15.5. The fraction of sp³-hybridized carbons (Fsp3) is 0.143. The molecular formula is C14H12BrN3O4S2. The van der Waals surface area contributed by atoms with Crippen LogP contribution < -0.4 is 15.0 Å². The van der Waals surface area contributed by atoms with E-state index in [9.17, 15) is 13.2 Å². The summed E-state index contributed by atoms with van der Waals surface area (Å²) in [5, 5.41) is 8.72. The monoisotopic (exact) mass is 429 g/mol. The Kier molecular flexibility index (Phi) is 5.95. The number of amides is 1. The van der Waals surface area contributed by atoms with Crippen LogP contribution in [0.3, 0.4) is 0 Å². The van der Waals surface area contributed by atoms with Crippen LogP contribution in [0.2, 0.25) is 0 Å². The van der Waals surface area contributed by atoms with Crippen LogP contribution in [0.4, 0.5) is 0 Å². The van der Waals surface area contributed by atoms with E-state index in [2.05, 4.69) is 21.4 Å². The molecule has 1 aromatic heterocycles. The third kappa shape index (κ3) is 4.78. The van der Waals surface area contributed by atoms with Gasteiger partial charge in [-0.05, 0) is 59.3 Å². The summed E-state index contributed by atoms with van der Waals surface area (Å²) in [6.07, 6.45) is -0.935. The molecule has 2 N–H and O–H groups in total. The van der Waals surface area contributed by atoms with Crippen LogP contribution in [0.1, 0.15) is 12.5 Å². The molecule has 0 bridgehead atoms. The molecule has 0 fully saturated rings. The smallest absolute Gasteiger partial charge is 0.275 e. The first-order valence-corrected chi connectivity index (χ1v) is 9.65. The number of hydrazine groups is 1. The second-order valence-electron chi connectivity index (χ2n) is 4.55. The van der Waals surface area contributed by atoms with Gasteiger partial charge in [0.25, 0.3) is 15.9 Å². The zero-order valence-electron chi connectivity index (χ0n) is 12.3. The summed E-state index contributed by atoms with van der Waals surface area (Å²) in [6.45, 7) is 1.48. The molecule has 24 heavy (non-hydrogen) atoms. The number of ether oxygens (including phenoxy) is 1. The maximum absolute atomic E-state index is 12.0. The van der Waals surface area contributed by atoms with Crippen molar-refractivity contribution >= 4 is 43.2 Å². The molecule has 7 nitrogen and oxygen atoms in total. The highest BCUT2D eigenvalue weighted by molar-refractivity contribution is 9.11. The van der Waals surface area contributed by atoms with Crippen molar-refractivity contribution in [3.8, 4) is 11.8 Å². The van der Waals surface area contributed by atoms with E-state index in [0.717, 1.165) is 11.3 Å².